The lowest BCUT2D eigenvalue weighted by Gasteiger charge is -2.02. The maximum Gasteiger partial charge on any atom is -0.00179 e. The molecular formula is C12H23N. The number of allylic oxidation sites excluding steroid dienone is 1. The molecule has 1 N–H and O–H groups in total. The van der Waals surface area contributed by atoms with Gasteiger partial charge in [-0.1, -0.05) is 19.4 Å². The first-order valence-corrected chi connectivity index (χ1v) is 5.66. The summed E-state index contributed by atoms with van der Waals surface area (Å²) in [6.45, 7) is 8.52. The first kappa shape index (κ1) is 10.8. The summed E-state index contributed by atoms with van der Waals surface area (Å²) in [4.78, 5) is 0. The van der Waals surface area contributed by atoms with Crippen LogP contribution in [0.4, 0.5) is 0 Å². The standard InChI is InChI=1S/C12H23N/c1-3-4-5-6-7-8-13-10-12-9-11(12)2/h3,11-13H,1,4-10H2,2H3. The van der Waals surface area contributed by atoms with E-state index in [0.717, 1.165) is 11.8 Å². The summed E-state index contributed by atoms with van der Waals surface area (Å²) in [5.74, 6) is 1.99. The molecule has 2 atom stereocenters. The van der Waals surface area contributed by atoms with E-state index < -0.39 is 0 Å². The van der Waals surface area contributed by atoms with Gasteiger partial charge in [0.1, 0.15) is 0 Å². The van der Waals surface area contributed by atoms with Crippen LogP contribution in [0.5, 0.6) is 0 Å². The summed E-state index contributed by atoms with van der Waals surface area (Å²) in [5.41, 5.74) is 0. The molecule has 0 aromatic heterocycles. The highest BCUT2D eigenvalue weighted by Crippen LogP contribution is 2.36. The molecule has 0 radical (unpaired) electrons. The highest BCUT2D eigenvalue weighted by atomic mass is 14.9. The topological polar surface area (TPSA) is 12.0 Å². The van der Waals surface area contributed by atoms with E-state index in [0.29, 0.717) is 0 Å². The third-order valence-electron chi connectivity index (χ3n) is 2.94. The molecule has 1 heteroatoms. The van der Waals surface area contributed by atoms with Crippen LogP contribution in [0.15, 0.2) is 12.7 Å². The zero-order valence-electron chi connectivity index (χ0n) is 8.89. The fourth-order valence-electron chi connectivity index (χ4n) is 1.69. The van der Waals surface area contributed by atoms with E-state index >= 15 is 0 Å². The van der Waals surface area contributed by atoms with E-state index in [4.69, 9.17) is 0 Å². The Hall–Kier alpha value is -0.300. The molecule has 1 rings (SSSR count). The van der Waals surface area contributed by atoms with E-state index in [1.54, 1.807) is 0 Å². The Kier molecular flexibility index (Phi) is 5.14. The Labute approximate surface area is 82.6 Å². The minimum absolute atomic E-state index is 0.994. The Balaban J connectivity index is 1.71. The van der Waals surface area contributed by atoms with Gasteiger partial charge in [-0.3, -0.25) is 0 Å². The smallest absolute Gasteiger partial charge is 0.00179 e. The van der Waals surface area contributed by atoms with Crippen LogP contribution in [0.3, 0.4) is 0 Å². The average molecular weight is 181 g/mol. The molecule has 0 aromatic carbocycles. The summed E-state index contributed by atoms with van der Waals surface area (Å²) in [6, 6.07) is 0. The summed E-state index contributed by atoms with van der Waals surface area (Å²) in [7, 11) is 0. The highest BCUT2D eigenvalue weighted by Gasteiger charge is 2.31. The number of unbranched alkanes of at least 4 members (excludes halogenated alkanes) is 3. The average Bonchev–Trinajstić information content (AvgIpc) is 2.81. The second kappa shape index (κ2) is 6.20. The predicted octanol–water partition coefficient (Wildman–Crippen LogP) is 2.98. The minimum Gasteiger partial charge on any atom is -0.316 e. The lowest BCUT2D eigenvalue weighted by Crippen LogP contribution is -2.18. The second-order valence-corrected chi connectivity index (χ2v) is 4.32. The molecule has 0 heterocycles. The van der Waals surface area contributed by atoms with Crippen LogP contribution in [-0.4, -0.2) is 13.1 Å². The van der Waals surface area contributed by atoms with Crippen molar-refractivity contribution in [3.05, 3.63) is 12.7 Å². The third-order valence-corrected chi connectivity index (χ3v) is 2.94. The van der Waals surface area contributed by atoms with E-state index in [9.17, 15) is 0 Å². The van der Waals surface area contributed by atoms with E-state index in [1.807, 2.05) is 6.08 Å². The van der Waals surface area contributed by atoms with Crippen molar-refractivity contribution in [2.24, 2.45) is 11.8 Å². The van der Waals surface area contributed by atoms with Crippen LogP contribution in [0.2, 0.25) is 0 Å². The number of hydrogen-bond donors (Lipinski definition) is 1. The largest absolute Gasteiger partial charge is 0.316 e. The molecule has 1 aliphatic rings. The number of hydrogen-bond acceptors (Lipinski definition) is 1. The maximum absolute atomic E-state index is 3.72. The van der Waals surface area contributed by atoms with Crippen molar-refractivity contribution in [1.82, 2.24) is 5.32 Å². The molecule has 1 fully saturated rings. The maximum atomic E-state index is 3.72. The fourth-order valence-corrected chi connectivity index (χ4v) is 1.69. The monoisotopic (exact) mass is 181 g/mol. The van der Waals surface area contributed by atoms with Crippen LogP contribution in [0, 0.1) is 11.8 Å². The van der Waals surface area contributed by atoms with Crippen molar-refractivity contribution in [3.63, 3.8) is 0 Å². The molecule has 0 amide bonds. The lowest BCUT2D eigenvalue weighted by atomic mass is 10.2. The van der Waals surface area contributed by atoms with Crippen LogP contribution in [0.25, 0.3) is 0 Å². The van der Waals surface area contributed by atoms with Crippen molar-refractivity contribution in [2.45, 2.75) is 39.0 Å². The van der Waals surface area contributed by atoms with Gasteiger partial charge in [0.05, 0.1) is 0 Å². The van der Waals surface area contributed by atoms with Crippen LogP contribution in [0.1, 0.15) is 39.0 Å². The molecule has 0 saturated heterocycles. The Morgan fingerprint density at radius 2 is 2.15 bits per heavy atom. The molecule has 2 unspecified atom stereocenters. The minimum atomic E-state index is 0.994. The summed E-state index contributed by atoms with van der Waals surface area (Å²) >= 11 is 0. The van der Waals surface area contributed by atoms with Crippen LogP contribution < -0.4 is 5.32 Å². The van der Waals surface area contributed by atoms with Gasteiger partial charge in [0.2, 0.25) is 0 Å². The molecule has 0 aromatic rings. The van der Waals surface area contributed by atoms with E-state index in [-0.39, 0.29) is 0 Å². The van der Waals surface area contributed by atoms with Gasteiger partial charge in [0, 0.05) is 0 Å². The van der Waals surface area contributed by atoms with Crippen molar-refractivity contribution >= 4 is 0 Å². The molecule has 1 saturated carbocycles. The molecule has 13 heavy (non-hydrogen) atoms. The van der Waals surface area contributed by atoms with Gasteiger partial charge in [0.15, 0.2) is 0 Å². The van der Waals surface area contributed by atoms with Crippen LogP contribution in [-0.2, 0) is 0 Å². The zero-order valence-corrected chi connectivity index (χ0v) is 8.89. The first-order valence-electron chi connectivity index (χ1n) is 5.66. The van der Waals surface area contributed by atoms with Crippen molar-refractivity contribution in [3.8, 4) is 0 Å². The molecule has 76 valence electrons. The van der Waals surface area contributed by atoms with Crippen molar-refractivity contribution in [1.29, 1.82) is 0 Å². The van der Waals surface area contributed by atoms with Gasteiger partial charge in [-0.05, 0) is 50.6 Å². The molecule has 0 aliphatic heterocycles. The van der Waals surface area contributed by atoms with Gasteiger partial charge in [-0.15, -0.1) is 6.58 Å². The Morgan fingerprint density at radius 3 is 2.77 bits per heavy atom. The fraction of sp³-hybridized carbons (Fsp3) is 0.833. The summed E-state index contributed by atoms with van der Waals surface area (Å²) in [6.07, 6.45) is 8.63. The number of rotatable bonds is 8. The highest BCUT2D eigenvalue weighted by molar-refractivity contribution is 4.83. The molecule has 0 bridgehead atoms. The predicted molar refractivity (Wildman–Crippen MR) is 58.8 cm³/mol. The van der Waals surface area contributed by atoms with Gasteiger partial charge in [0.25, 0.3) is 0 Å². The molecule has 0 spiro atoms. The number of nitrogens with one attached hydrogen (secondary N) is 1. The van der Waals surface area contributed by atoms with Gasteiger partial charge < -0.3 is 5.32 Å². The second-order valence-electron chi connectivity index (χ2n) is 4.32. The first-order chi connectivity index (χ1) is 6.34. The normalized spacial score (nSPS) is 25.9. The van der Waals surface area contributed by atoms with E-state index in [2.05, 4.69) is 18.8 Å². The lowest BCUT2D eigenvalue weighted by molar-refractivity contribution is 0.571. The van der Waals surface area contributed by atoms with E-state index in [1.165, 1.54) is 45.2 Å². The zero-order chi connectivity index (χ0) is 9.52. The van der Waals surface area contributed by atoms with Crippen LogP contribution >= 0.6 is 0 Å². The third kappa shape index (κ3) is 5.09. The quantitative estimate of drug-likeness (QED) is 0.448. The molecule has 1 aliphatic carbocycles. The Morgan fingerprint density at radius 1 is 1.38 bits per heavy atom. The van der Waals surface area contributed by atoms with Gasteiger partial charge in [-0.2, -0.15) is 0 Å². The van der Waals surface area contributed by atoms with Crippen molar-refractivity contribution < 1.29 is 0 Å². The van der Waals surface area contributed by atoms with Gasteiger partial charge in [-0.25, -0.2) is 0 Å². The molecular weight excluding hydrogens is 158 g/mol. The van der Waals surface area contributed by atoms with Crippen molar-refractivity contribution in [2.75, 3.05) is 13.1 Å². The summed E-state index contributed by atoms with van der Waals surface area (Å²) < 4.78 is 0. The SMILES string of the molecule is C=CCCCCCNCC1CC1C. The Bertz CT molecular complexity index is 142. The van der Waals surface area contributed by atoms with Gasteiger partial charge >= 0.3 is 0 Å². The summed E-state index contributed by atoms with van der Waals surface area (Å²) in [5, 5.41) is 3.53. The molecule has 1 nitrogen and oxygen atoms in total.